The highest BCUT2D eigenvalue weighted by atomic mass is 16.2. The standard InChI is InChI=1S/C20H37N3O2/c1-15(2)17(4)20(5)13-23(14-20)19(25)7-6-16(3)8-10-22-11-9-21-18(24)12-22/h15-17H,6-14H2,1-5H3,(H,21,24). The van der Waals surface area contributed by atoms with E-state index in [1.165, 1.54) is 0 Å². The van der Waals surface area contributed by atoms with Crippen molar-refractivity contribution in [3.8, 4) is 0 Å². The van der Waals surface area contributed by atoms with Gasteiger partial charge in [-0.15, -0.1) is 0 Å². The minimum absolute atomic E-state index is 0.130. The van der Waals surface area contributed by atoms with E-state index in [9.17, 15) is 9.59 Å². The lowest BCUT2D eigenvalue weighted by Gasteiger charge is -2.53. The van der Waals surface area contributed by atoms with Gasteiger partial charge in [0.15, 0.2) is 0 Å². The van der Waals surface area contributed by atoms with E-state index in [1.807, 2.05) is 4.90 Å². The molecule has 25 heavy (non-hydrogen) atoms. The van der Waals surface area contributed by atoms with Crippen molar-refractivity contribution < 1.29 is 9.59 Å². The van der Waals surface area contributed by atoms with E-state index in [0.29, 0.717) is 42.0 Å². The van der Waals surface area contributed by atoms with Crippen LogP contribution in [0.1, 0.15) is 53.9 Å². The lowest BCUT2D eigenvalue weighted by Crippen LogP contribution is -2.60. The van der Waals surface area contributed by atoms with E-state index in [2.05, 4.69) is 44.8 Å². The van der Waals surface area contributed by atoms with Gasteiger partial charge in [0, 0.05) is 38.0 Å². The highest BCUT2D eigenvalue weighted by Crippen LogP contribution is 2.41. The molecule has 2 aliphatic heterocycles. The van der Waals surface area contributed by atoms with Crippen LogP contribution in [0.2, 0.25) is 0 Å². The Balaban J connectivity index is 1.63. The number of likely N-dealkylation sites (tertiary alicyclic amines) is 1. The molecule has 0 aliphatic carbocycles. The Morgan fingerprint density at radius 1 is 1.20 bits per heavy atom. The largest absolute Gasteiger partial charge is 0.354 e. The number of carbonyl (C=O) groups excluding carboxylic acids is 2. The van der Waals surface area contributed by atoms with Crippen molar-refractivity contribution in [2.24, 2.45) is 23.2 Å². The molecule has 1 N–H and O–H groups in total. The first-order chi connectivity index (χ1) is 11.7. The van der Waals surface area contributed by atoms with Gasteiger partial charge in [0.2, 0.25) is 11.8 Å². The quantitative estimate of drug-likeness (QED) is 0.730. The molecular weight excluding hydrogens is 314 g/mol. The molecule has 2 unspecified atom stereocenters. The summed E-state index contributed by atoms with van der Waals surface area (Å²) in [6.45, 7) is 16.4. The third-order valence-corrected chi connectivity index (χ3v) is 6.46. The summed E-state index contributed by atoms with van der Waals surface area (Å²) in [4.78, 5) is 28.1. The lowest BCUT2D eigenvalue weighted by molar-refractivity contribution is -0.147. The summed E-state index contributed by atoms with van der Waals surface area (Å²) in [5.41, 5.74) is 0.296. The Kier molecular flexibility index (Phi) is 6.89. The third kappa shape index (κ3) is 5.44. The zero-order valence-corrected chi connectivity index (χ0v) is 16.8. The smallest absolute Gasteiger partial charge is 0.234 e. The number of nitrogens with one attached hydrogen (secondary N) is 1. The highest BCUT2D eigenvalue weighted by molar-refractivity contribution is 5.78. The Morgan fingerprint density at radius 2 is 1.88 bits per heavy atom. The van der Waals surface area contributed by atoms with Crippen LogP contribution in [0.15, 0.2) is 0 Å². The maximum Gasteiger partial charge on any atom is 0.234 e. The second-order valence-electron chi connectivity index (χ2n) is 9.00. The molecule has 0 aromatic rings. The maximum absolute atomic E-state index is 12.4. The van der Waals surface area contributed by atoms with Crippen LogP contribution >= 0.6 is 0 Å². The Bertz CT molecular complexity index is 472. The molecule has 0 spiro atoms. The van der Waals surface area contributed by atoms with Crippen LogP contribution in [0.4, 0.5) is 0 Å². The fourth-order valence-electron chi connectivity index (χ4n) is 4.05. The van der Waals surface area contributed by atoms with Crippen molar-refractivity contribution in [2.75, 3.05) is 39.3 Å². The number of amides is 2. The number of rotatable bonds is 8. The summed E-state index contributed by atoms with van der Waals surface area (Å²) in [7, 11) is 0. The van der Waals surface area contributed by atoms with Crippen molar-refractivity contribution >= 4 is 11.8 Å². The van der Waals surface area contributed by atoms with Gasteiger partial charge in [-0.1, -0.05) is 34.6 Å². The lowest BCUT2D eigenvalue weighted by atomic mass is 9.67. The molecule has 2 atom stereocenters. The molecule has 0 aromatic carbocycles. The number of piperazine rings is 1. The minimum Gasteiger partial charge on any atom is -0.354 e. The number of hydrogen-bond acceptors (Lipinski definition) is 3. The van der Waals surface area contributed by atoms with Crippen LogP contribution in [-0.4, -0.2) is 60.9 Å². The van der Waals surface area contributed by atoms with Gasteiger partial charge in [-0.3, -0.25) is 14.5 Å². The SMILES string of the molecule is CC(CCC(=O)N1CC(C)(C(C)C(C)C)C1)CCN1CCNC(=O)C1. The molecule has 2 heterocycles. The molecule has 0 saturated carbocycles. The molecule has 0 bridgehead atoms. The van der Waals surface area contributed by atoms with E-state index in [4.69, 9.17) is 0 Å². The minimum atomic E-state index is 0.130. The Hall–Kier alpha value is -1.10. The summed E-state index contributed by atoms with van der Waals surface area (Å²) in [6.07, 6.45) is 2.67. The molecule has 2 saturated heterocycles. The first kappa shape index (κ1) is 20.2. The zero-order chi connectivity index (χ0) is 18.6. The van der Waals surface area contributed by atoms with Crippen LogP contribution < -0.4 is 5.32 Å². The molecule has 2 rings (SSSR count). The number of hydrogen-bond donors (Lipinski definition) is 1. The van der Waals surface area contributed by atoms with Gasteiger partial charge < -0.3 is 10.2 Å². The van der Waals surface area contributed by atoms with Crippen LogP contribution in [0.25, 0.3) is 0 Å². The molecule has 2 aliphatic rings. The molecule has 0 aromatic heterocycles. The van der Waals surface area contributed by atoms with Gasteiger partial charge in [0.25, 0.3) is 0 Å². The fraction of sp³-hybridized carbons (Fsp3) is 0.900. The summed E-state index contributed by atoms with van der Waals surface area (Å²) in [6, 6.07) is 0. The molecule has 144 valence electrons. The summed E-state index contributed by atoms with van der Waals surface area (Å²) >= 11 is 0. The van der Waals surface area contributed by atoms with E-state index < -0.39 is 0 Å². The molecule has 5 heteroatoms. The number of nitrogens with zero attached hydrogens (tertiary/aromatic N) is 2. The first-order valence-corrected chi connectivity index (χ1v) is 9.98. The van der Waals surface area contributed by atoms with E-state index in [-0.39, 0.29) is 5.91 Å². The molecule has 2 amide bonds. The van der Waals surface area contributed by atoms with E-state index >= 15 is 0 Å². The van der Waals surface area contributed by atoms with Gasteiger partial charge in [0.1, 0.15) is 0 Å². The van der Waals surface area contributed by atoms with Crippen LogP contribution in [0.3, 0.4) is 0 Å². The van der Waals surface area contributed by atoms with Crippen molar-refractivity contribution in [1.29, 1.82) is 0 Å². The normalized spacial score (nSPS) is 23.1. The predicted molar refractivity (Wildman–Crippen MR) is 101 cm³/mol. The van der Waals surface area contributed by atoms with E-state index in [0.717, 1.165) is 45.6 Å². The molecule has 0 radical (unpaired) electrons. The monoisotopic (exact) mass is 351 g/mol. The summed E-state index contributed by atoms with van der Waals surface area (Å²) in [5.74, 6) is 2.29. The highest BCUT2D eigenvalue weighted by Gasteiger charge is 2.45. The van der Waals surface area contributed by atoms with Gasteiger partial charge >= 0.3 is 0 Å². The predicted octanol–water partition coefficient (Wildman–Crippen LogP) is 2.37. The second-order valence-corrected chi connectivity index (χ2v) is 9.00. The van der Waals surface area contributed by atoms with Crippen LogP contribution in [0.5, 0.6) is 0 Å². The zero-order valence-electron chi connectivity index (χ0n) is 16.8. The third-order valence-electron chi connectivity index (χ3n) is 6.46. The van der Waals surface area contributed by atoms with Gasteiger partial charge in [-0.2, -0.15) is 0 Å². The fourth-order valence-corrected chi connectivity index (χ4v) is 4.05. The number of carbonyl (C=O) groups is 2. The average molecular weight is 352 g/mol. The summed E-state index contributed by atoms with van der Waals surface area (Å²) < 4.78 is 0. The van der Waals surface area contributed by atoms with Crippen molar-refractivity contribution in [3.05, 3.63) is 0 Å². The van der Waals surface area contributed by atoms with Crippen molar-refractivity contribution in [1.82, 2.24) is 15.1 Å². The van der Waals surface area contributed by atoms with Crippen LogP contribution in [-0.2, 0) is 9.59 Å². The maximum atomic E-state index is 12.4. The van der Waals surface area contributed by atoms with E-state index in [1.54, 1.807) is 0 Å². The van der Waals surface area contributed by atoms with Crippen molar-refractivity contribution in [3.63, 3.8) is 0 Å². The molecule has 2 fully saturated rings. The average Bonchev–Trinajstić information content (AvgIpc) is 2.54. The Morgan fingerprint density at radius 3 is 2.48 bits per heavy atom. The second kappa shape index (κ2) is 8.52. The van der Waals surface area contributed by atoms with Gasteiger partial charge in [-0.05, 0) is 37.1 Å². The summed E-state index contributed by atoms with van der Waals surface area (Å²) in [5, 5.41) is 2.86. The van der Waals surface area contributed by atoms with Gasteiger partial charge in [0.05, 0.1) is 6.54 Å². The van der Waals surface area contributed by atoms with Crippen molar-refractivity contribution in [2.45, 2.75) is 53.9 Å². The Labute approximate surface area is 153 Å². The van der Waals surface area contributed by atoms with Crippen LogP contribution in [0, 0.1) is 23.2 Å². The molecule has 5 nitrogen and oxygen atoms in total. The first-order valence-electron chi connectivity index (χ1n) is 9.98. The van der Waals surface area contributed by atoms with Gasteiger partial charge in [-0.25, -0.2) is 0 Å². The molecular formula is C20H37N3O2. The topological polar surface area (TPSA) is 52.7 Å².